The van der Waals surface area contributed by atoms with Gasteiger partial charge in [0.25, 0.3) is 0 Å². The minimum Gasteiger partial charge on any atom is -0.453 e. The standard InChI is InChI=1S/C13H20N2O3/c1-4-10(9-17-2)14-11-6-5-7-12(8-11)15-13(16)18-3/h5-8,10,14H,4,9H2,1-3H3,(H,15,16). The Morgan fingerprint density at radius 3 is 2.67 bits per heavy atom. The van der Waals surface area contributed by atoms with E-state index in [0.717, 1.165) is 12.1 Å². The van der Waals surface area contributed by atoms with Gasteiger partial charge in [-0.1, -0.05) is 13.0 Å². The summed E-state index contributed by atoms with van der Waals surface area (Å²) in [5, 5.41) is 5.97. The van der Waals surface area contributed by atoms with Crippen LogP contribution in [0.1, 0.15) is 13.3 Å². The first-order valence-electron chi connectivity index (χ1n) is 5.90. The molecule has 0 saturated heterocycles. The zero-order chi connectivity index (χ0) is 13.4. The number of carbonyl (C=O) groups is 1. The molecule has 0 radical (unpaired) electrons. The molecule has 100 valence electrons. The molecule has 0 aromatic heterocycles. The van der Waals surface area contributed by atoms with Crippen LogP contribution in [0.2, 0.25) is 0 Å². The van der Waals surface area contributed by atoms with E-state index in [4.69, 9.17) is 4.74 Å². The SMILES string of the molecule is CCC(COC)Nc1cccc(NC(=O)OC)c1. The molecule has 1 aromatic carbocycles. The number of hydrogen-bond acceptors (Lipinski definition) is 4. The molecule has 1 aromatic rings. The smallest absolute Gasteiger partial charge is 0.411 e. The minimum atomic E-state index is -0.476. The fourth-order valence-corrected chi connectivity index (χ4v) is 1.55. The van der Waals surface area contributed by atoms with Crippen LogP contribution in [0.25, 0.3) is 0 Å². The van der Waals surface area contributed by atoms with Gasteiger partial charge in [0.2, 0.25) is 0 Å². The molecule has 5 heteroatoms. The van der Waals surface area contributed by atoms with Crippen molar-refractivity contribution >= 4 is 17.5 Å². The van der Waals surface area contributed by atoms with Crippen LogP contribution in [0.5, 0.6) is 0 Å². The van der Waals surface area contributed by atoms with Crippen molar-refractivity contribution in [3.05, 3.63) is 24.3 Å². The quantitative estimate of drug-likeness (QED) is 0.817. The van der Waals surface area contributed by atoms with Crippen LogP contribution in [-0.4, -0.2) is 33.0 Å². The summed E-state index contributed by atoms with van der Waals surface area (Å²) in [6.07, 6.45) is 0.485. The molecule has 0 heterocycles. The van der Waals surface area contributed by atoms with E-state index < -0.39 is 6.09 Å². The van der Waals surface area contributed by atoms with Crippen molar-refractivity contribution in [2.24, 2.45) is 0 Å². The normalized spacial score (nSPS) is 11.7. The fourth-order valence-electron chi connectivity index (χ4n) is 1.55. The van der Waals surface area contributed by atoms with Crippen LogP contribution in [-0.2, 0) is 9.47 Å². The molecule has 18 heavy (non-hydrogen) atoms. The molecule has 5 nitrogen and oxygen atoms in total. The average molecular weight is 252 g/mol. The van der Waals surface area contributed by atoms with Crippen LogP contribution < -0.4 is 10.6 Å². The molecule has 1 amide bonds. The van der Waals surface area contributed by atoms with Crippen molar-refractivity contribution < 1.29 is 14.3 Å². The monoisotopic (exact) mass is 252 g/mol. The van der Waals surface area contributed by atoms with Crippen molar-refractivity contribution in [3.63, 3.8) is 0 Å². The van der Waals surface area contributed by atoms with Crippen LogP contribution in [0.15, 0.2) is 24.3 Å². The number of nitrogens with one attached hydrogen (secondary N) is 2. The van der Waals surface area contributed by atoms with Gasteiger partial charge in [-0.15, -0.1) is 0 Å². The van der Waals surface area contributed by atoms with E-state index in [2.05, 4.69) is 22.3 Å². The average Bonchev–Trinajstić information content (AvgIpc) is 2.38. The molecule has 0 aliphatic heterocycles. The molecule has 0 spiro atoms. The molecule has 0 bridgehead atoms. The van der Waals surface area contributed by atoms with Gasteiger partial charge in [0.05, 0.1) is 13.7 Å². The summed E-state index contributed by atoms with van der Waals surface area (Å²) in [6.45, 7) is 2.73. The van der Waals surface area contributed by atoms with Gasteiger partial charge in [0.1, 0.15) is 0 Å². The zero-order valence-electron chi connectivity index (χ0n) is 11.0. The van der Waals surface area contributed by atoms with E-state index >= 15 is 0 Å². The Balaban J connectivity index is 2.66. The van der Waals surface area contributed by atoms with Crippen LogP contribution in [0.4, 0.5) is 16.2 Å². The van der Waals surface area contributed by atoms with Crippen molar-refractivity contribution in [2.45, 2.75) is 19.4 Å². The van der Waals surface area contributed by atoms with Gasteiger partial charge < -0.3 is 14.8 Å². The fraction of sp³-hybridized carbons (Fsp3) is 0.462. The van der Waals surface area contributed by atoms with Crippen molar-refractivity contribution in [3.8, 4) is 0 Å². The van der Waals surface area contributed by atoms with E-state index in [-0.39, 0.29) is 6.04 Å². The third-order valence-electron chi connectivity index (χ3n) is 2.53. The lowest BCUT2D eigenvalue weighted by Gasteiger charge is -2.17. The van der Waals surface area contributed by atoms with E-state index in [9.17, 15) is 4.79 Å². The second kappa shape index (κ2) is 7.55. The summed E-state index contributed by atoms with van der Waals surface area (Å²) in [5.74, 6) is 0. The Bertz CT molecular complexity index is 382. The van der Waals surface area contributed by atoms with Crippen molar-refractivity contribution in [1.82, 2.24) is 0 Å². The van der Waals surface area contributed by atoms with Gasteiger partial charge >= 0.3 is 6.09 Å². The molecule has 2 N–H and O–H groups in total. The summed E-state index contributed by atoms with van der Waals surface area (Å²) in [6, 6.07) is 7.73. The number of anilines is 2. The number of rotatable bonds is 6. The molecule has 0 aliphatic carbocycles. The number of carbonyl (C=O) groups excluding carboxylic acids is 1. The van der Waals surface area contributed by atoms with Crippen LogP contribution in [0.3, 0.4) is 0 Å². The summed E-state index contributed by atoms with van der Waals surface area (Å²) in [4.78, 5) is 11.1. The van der Waals surface area contributed by atoms with Crippen molar-refractivity contribution in [1.29, 1.82) is 0 Å². The van der Waals surface area contributed by atoms with Gasteiger partial charge in [0.15, 0.2) is 0 Å². The third-order valence-corrected chi connectivity index (χ3v) is 2.53. The number of ether oxygens (including phenoxy) is 2. The molecule has 1 atom stereocenters. The molecular weight excluding hydrogens is 232 g/mol. The van der Waals surface area contributed by atoms with Gasteiger partial charge in [-0.25, -0.2) is 4.79 Å². The lowest BCUT2D eigenvalue weighted by molar-refractivity contribution is 0.184. The first-order chi connectivity index (χ1) is 8.69. The molecular formula is C13H20N2O3. The van der Waals surface area contributed by atoms with Gasteiger partial charge in [-0.3, -0.25) is 5.32 Å². The minimum absolute atomic E-state index is 0.253. The molecule has 1 unspecified atom stereocenters. The molecule has 0 fully saturated rings. The molecule has 1 rings (SSSR count). The van der Waals surface area contributed by atoms with E-state index in [1.165, 1.54) is 7.11 Å². The Morgan fingerprint density at radius 2 is 2.06 bits per heavy atom. The summed E-state index contributed by atoms with van der Waals surface area (Å²) >= 11 is 0. The summed E-state index contributed by atoms with van der Waals surface area (Å²) in [5.41, 5.74) is 1.63. The van der Waals surface area contributed by atoms with Crippen LogP contribution in [0, 0.1) is 0 Å². The maximum atomic E-state index is 11.1. The number of methoxy groups -OCH3 is 2. The van der Waals surface area contributed by atoms with Gasteiger partial charge in [-0.05, 0) is 24.6 Å². The van der Waals surface area contributed by atoms with E-state index in [1.807, 2.05) is 18.2 Å². The second-order valence-electron chi connectivity index (χ2n) is 3.90. The highest BCUT2D eigenvalue weighted by Crippen LogP contribution is 2.16. The number of benzene rings is 1. The lowest BCUT2D eigenvalue weighted by atomic mass is 10.2. The second-order valence-corrected chi connectivity index (χ2v) is 3.90. The number of hydrogen-bond donors (Lipinski definition) is 2. The first-order valence-corrected chi connectivity index (χ1v) is 5.90. The van der Waals surface area contributed by atoms with Crippen LogP contribution >= 0.6 is 0 Å². The molecule has 0 saturated carbocycles. The topological polar surface area (TPSA) is 59.6 Å². The Hall–Kier alpha value is -1.75. The maximum absolute atomic E-state index is 11.1. The highest BCUT2D eigenvalue weighted by molar-refractivity contribution is 5.85. The number of amides is 1. The summed E-state index contributed by atoms with van der Waals surface area (Å²) in [7, 11) is 3.02. The largest absolute Gasteiger partial charge is 0.453 e. The summed E-state index contributed by atoms with van der Waals surface area (Å²) < 4.78 is 9.67. The Morgan fingerprint density at radius 1 is 1.33 bits per heavy atom. The van der Waals surface area contributed by atoms with E-state index in [0.29, 0.717) is 12.3 Å². The zero-order valence-corrected chi connectivity index (χ0v) is 11.0. The lowest BCUT2D eigenvalue weighted by Crippen LogP contribution is -2.23. The third kappa shape index (κ3) is 4.63. The predicted molar refractivity (Wildman–Crippen MR) is 72.0 cm³/mol. The maximum Gasteiger partial charge on any atom is 0.411 e. The first kappa shape index (κ1) is 14.3. The van der Waals surface area contributed by atoms with Gasteiger partial charge in [-0.2, -0.15) is 0 Å². The van der Waals surface area contributed by atoms with Crippen molar-refractivity contribution in [2.75, 3.05) is 31.5 Å². The predicted octanol–water partition coefficient (Wildman–Crippen LogP) is 2.70. The molecule has 0 aliphatic rings. The van der Waals surface area contributed by atoms with Gasteiger partial charge in [0, 0.05) is 24.5 Å². The highest BCUT2D eigenvalue weighted by Gasteiger charge is 2.06. The Kier molecular flexibility index (Phi) is 6.00. The highest BCUT2D eigenvalue weighted by atomic mass is 16.5. The van der Waals surface area contributed by atoms with E-state index in [1.54, 1.807) is 13.2 Å². The Labute approximate surface area is 107 Å².